The Kier molecular flexibility index (Phi) is 8.40. The van der Waals surface area contributed by atoms with Gasteiger partial charge in [0.05, 0.1) is 23.9 Å². The van der Waals surface area contributed by atoms with E-state index in [2.05, 4.69) is 25.8 Å². The molecule has 1 saturated carbocycles. The third-order valence-corrected chi connectivity index (χ3v) is 7.62. The molecule has 218 valence electrons. The Morgan fingerprint density at radius 1 is 1.17 bits per heavy atom. The van der Waals surface area contributed by atoms with Gasteiger partial charge in [0.1, 0.15) is 5.82 Å². The van der Waals surface area contributed by atoms with E-state index in [4.69, 9.17) is 0 Å². The van der Waals surface area contributed by atoms with Crippen LogP contribution in [0.1, 0.15) is 49.3 Å². The van der Waals surface area contributed by atoms with Gasteiger partial charge in [-0.15, -0.1) is 0 Å². The molecule has 0 radical (unpaired) electrons. The molecule has 3 heterocycles. The van der Waals surface area contributed by atoms with E-state index >= 15 is 0 Å². The molecule has 0 spiro atoms. The summed E-state index contributed by atoms with van der Waals surface area (Å²) < 4.78 is 39.0. The van der Waals surface area contributed by atoms with Crippen molar-refractivity contribution < 1.29 is 22.8 Å². The molecule has 1 saturated heterocycles. The van der Waals surface area contributed by atoms with E-state index in [0.29, 0.717) is 17.6 Å². The fraction of sp³-hybridized carbons (Fsp3) is 0.367. The standard InChI is InChI=1S/C30H30F3N7O2/c1-18(29(42)37-27-14-25(38-39-27)19-7-8-19)20-4-2-5-21(12-20)22-9-10-26(35-16-22)36-28(41)6-3-11-40-17-23(30(31,32)33)13-24(40)15-34/h2-6,9-10,12,14,16,18-19,23-24H,7-8,11,13,17H2,1H3,(H,35,36,41)(H2,37,38,39,42)/b6-3+/t18-,23-,24-/m0/s1. The van der Waals surface area contributed by atoms with Crippen LogP contribution in [0.2, 0.25) is 0 Å². The van der Waals surface area contributed by atoms with E-state index in [-0.39, 0.29) is 25.4 Å². The number of alkyl halides is 3. The highest BCUT2D eigenvalue weighted by molar-refractivity contribution is 5.98. The topological polar surface area (TPSA) is 127 Å². The lowest BCUT2D eigenvalue weighted by molar-refractivity contribution is -0.170. The van der Waals surface area contributed by atoms with Crippen molar-refractivity contribution in [1.82, 2.24) is 20.1 Å². The monoisotopic (exact) mass is 577 g/mol. The maximum absolute atomic E-state index is 13.0. The first-order valence-electron chi connectivity index (χ1n) is 13.7. The molecule has 2 aromatic heterocycles. The van der Waals surface area contributed by atoms with Gasteiger partial charge in [-0.3, -0.25) is 19.6 Å². The van der Waals surface area contributed by atoms with Crippen molar-refractivity contribution in [2.75, 3.05) is 23.7 Å². The van der Waals surface area contributed by atoms with E-state index in [0.717, 1.165) is 35.2 Å². The molecule has 0 unspecified atom stereocenters. The van der Waals surface area contributed by atoms with Crippen LogP contribution >= 0.6 is 0 Å². The molecular weight excluding hydrogens is 547 g/mol. The van der Waals surface area contributed by atoms with Gasteiger partial charge < -0.3 is 10.6 Å². The summed E-state index contributed by atoms with van der Waals surface area (Å²) in [6, 6.07) is 13.9. The lowest BCUT2D eigenvalue weighted by Gasteiger charge is -2.17. The number of halogens is 3. The Labute approximate surface area is 240 Å². The number of benzene rings is 1. The second kappa shape index (κ2) is 12.2. The smallest absolute Gasteiger partial charge is 0.309 e. The Balaban J connectivity index is 1.14. The SMILES string of the molecule is C[C@H](C(=O)Nc1cc(C2CC2)[nH]n1)c1cccc(-c2ccc(NC(=O)/C=C/CN3C[C@@H](C(F)(F)F)C[C@H]3C#N)nc2)c1. The van der Waals surface area contributed by atoms with Crippen LogP contribution in [-0.4, -0.2) is 57.2 Å². The maximum Gasteiger partial charge on any atom is 0.393 e. The van der Waals surface area contributed by atoms with Crippen molar-refractivity contribution in [2.24, 2.45) is 5.92 Å². The molecule has 1 aliphatic carbocycles. The van der Waals surface area contributed by atoms with Crippen LogP contribution < -0.4 is 10.6 Å². The Bertz CT molecular complexity index is 1510. The normalized spacial score (nSPS) is 19.9. The van der Waals surface area contributed by atoms with Crippen molar-refractivity contribution in [3.8, 4) is 17.2 Å². The average molecular weight is 578 g/mol. The van der Waals surface area contributed by atoms with E-state index in [9.17, 15) is 28.0 Å². The zero-order valence-electron chi connectivity index (χ0n) is 22.9. The highest BCUT2D eigenvalue weighted by Crippen LogP contribution is 2.39. The summed E-state index contributed by atoms with van der Waals surface area (Å²) in [5, 5.41) is 21.8. The summed E-state index contributed by atoms with van der Waals surface area (Å²) in [4.78, 5) is 30.9. The van der Waals surface area contributed by atoms with Gasteiger partial charge in [-0.25, -0.2) is 4.98 Å². The summed E-state index contributed by atoms with van der Waals surface area (Å²) in [6.07, 6.45) is 1.92. The van der Waals surface area contributed by atoms with Crippen LogP contribution in [0.5, 0.6) is 0 Å². The number of hydrogen-bond acceptors (Lipinski definition) is 6. The number of amides is 2. The highest BCUT2D eigenvalue weighted by Gasteiger charge is 2.47. The van der Waals surface area contributed by atoms with Gasteiger partial charge in [0.15, 0.2) is 5.82 Å². The van der Waals surface area contributed by atoms with E-state index < -0.39 is 30.0 Å². The first-order chi connectivity index (χ1) is 20.1. The minimum atomic E-state index is -4.35. The molecule has 12 heteroatoms. The molecule has 1 aliphatic heterocycles. The summed E-state index contributed by atoms with van der Waals surface area (Å²) in [5.41, 5.74) is 3.50. The van der Waals surface area contributed by atoms with Gasteiger partial charge in [-0.1, -0.05) is 30.3 Å². The number of rotatable bonds is 9. The molecule has 3 aromatic rings. The van der Waals surface area contributed by atoms with E-state index in [1.165, 1.54) is 17.1 Å². The molecule has 3 N–H and O–H groups in total. The number of H-pyrrole nitrogens is 1. The lowest BCUT2D eigenvalue weighted by atomic mass is 9.96. The fourth-order valence-electron chi connectivity index (χ4n) is 4.96. The largest absolute Gasteiger partial charge is 0.393 e. The number of hydrogen-bond donors (Lipinski definition) is 3. The van der Waals surface area contributed by atoms with E-state index in [1.807, 2.05) is 43.3 Å². The van der Waals surface area contributed by atoms with Crippen LogP contribution in [-0.2, 0) is 9.59 Å². The zero-order chi connectivity index (χ0) is 29.9. The van der Waals surface area contributed by atoms with Crippen LogP contribution in [0.15, 0.2) is 60.8 Å². The quantitative estimate of drug-likeness (QED) is 0.294. The molecule has 1 aromatic carbocycles. The number of nitriles is 1. The molecule has 5 rings (SSSR count). The van der Waals surface area contributed by atoms with Gasteiger partial charge in [0.2, 0.25) is 11.8 Å². The first kappa shape index (κ1) is 29.0. The predicted molar refractivity (Wildman–Crippen MR) is 150 cm³/mol. The van der Waals surface area contributed by atoms with Crippen molar-refractivity contribution in [3.63, 3.8) is 0 Å². The van der Waals surface area contributed by atoms with Gasteiger partial charge in [0, 0.05) is 48.6 Å². The van der Waals surface area contributed by atoms with Crippen LogP contribution in [0, 0.1) is 17.2 Å². The highest BCUT2D eigenvalue weighted by atomic mass is 19.4. The molecule has 3 atom stereocenters. The predicted octanol–water partition coefficient (Wildman–Crippen LogP) is 5.36. The van der Waals surface area contributed by atoms with E-state index in [1.54, 1.807) is 18.3 Å². The minimum Gasteiger partial charge on any atom is -0.309 e. The summed E-state index contributed by atoms with van der Waals surface area (Å²) in [6.45, 7) is 1.61. The number of nitrogens with one attached hydrogen (secondary N) is 3. The number of pyridine rings is 1. The summed E-state index contributed by atoms with van der Waals surface area (Å²) in [5.74, 6) is -1.30. The molecule has 2 fully saturated rings. The molecule has 2 amide bonds. The second-order valence-electron chi connectivity index (χ2n) is 10.7. The maximum atomic E-state index is 13.0. The second-order valence-corrected chi connectivity index (χ2v) is 10.7. The summed E-state index contributed by atoms with van der Waals surface area (Å²) in [7, 11) is 0. The van der Waals surface area contributed by atoms with Gasteiger partial charge in [-0.2, -0.15) is 23.5 Å². The molecule has 42 heavy (non-hydrogen) atoms. The average Bonchev–Trinajstić information content (AvgIpc) is 3.56. The van der Waals surface area contributed by atoms with Crippen LogP contribution in [0.3, 0.4) is 0 Å². The Hall–Kier alpha value is -4.50. The molecule has 0 bridgehead atoms. The first-order valence-corrected chi connectivity index (χ1v) is 13.7. The lowest BCUT2D eigenvalue weighted by Crippen LogP contribution is -2.30. The molecule has 2 aliphatic rings. The Morgan fingerprint density at radius 3 is 2.67 bits per heavy atom. The third-order valence-electron chi connectivity index (χ3n) is 7.62. The minimum absolute atomic E-state index is 0.0561. The van der Waals surface area contributed by atoms with Crippen molar-refractivity contribution in [3.05, 3.63) is 72.1 Å². The number of carbonyl (C=O) groups excluding carboxylic acids is 2. The molecule has 9 nitrogen and oxygen atoms in total. The summed E-state index contributed by atoms with van der Waals surface area (Å²) >= 11 is 0. The van der Waals surface area contributed by atoms with Crippen LogP contribution in [0.4, 0.5) is 24.8 Å². The fourth-order valence-corrected chi connectivity index (χ4v) is 4.96. The number of carbonyl (C=O) groups is 2. The molecular formula is C30H30F3N7O2. The van der Waals surface area contributed by atoms with Gasteiger partial charge in [0.25, 0.3) is 0 Å². The van der Waals surface area contributed by atoms with Crippen molar-refractivity contribution >= 4 is 23.5 Å². The number of aromatic amines is 1. The number of likely N-dealkylation sites (tertiary alicyclic amines) is 1. The van der Waals surface area contributed by atoms with Gasteiger partial charge in [-0.05, 0) is 49.4 Å². The number of aromatic nitrogens is 3. The van der Waals surface area contributed by atoms with Crippen molar-refractivity contribution in [1.29, 1.82) is 5.26 Å². The number of anilines is 2. The third kappa shape index (κ3) is 7.03. The Morgan fingerprint density at radius 2 is 1.98 bits per heavy atom. The van der Waals surface area contributed by atoms with Crippen molar-refractivity contribution in [2.45, 2.75) is 50.2 Å². The zero-order valence-corrected chi connectivity index (χ0v) is 22.9. The van der Waals surface area contributed by atoms with Crippen LogP contribution in [0.25, 0.3) is 11.1 Å². The van der Waals surface area contributed by atoms with Gasteiger partial charge >= 0.3 is 6.18 Å². The number of nitrogens with zero attached hydrogens (tertiary/aromatic N) is 4.